The first-order valence-corrected chi connectivity index (χ1v) is 6.13. The SMILES string of the molecule is O=C(Nc1ccc2nncn2c1)C(F)(F)C1(O)CCC1. The smallest absolute Gasteiger partial charge is 0.352 e. The van der Waals surface area contributed by atoms with Crippen molar-refractivity contribution in [1.29, 1.82) is 0 Å². The van der Waals surface area contributed by atoms with Crippen molar-refractivity contribution in [3.05, 3.63) is 24.7 Å². The zero-order valence-electron chi connectivity index (χ0n) is 10.4. The molecule has 20 heavy (non-hydrogen) atoms. The molecule has 3 rings (SSSR count). The van der Waals surface area contributed by atoms with Gasteiger partial charge in [0.1, 0.15) is 11.9 Å². The fourth-order valence-corrected chi connectivity index (χ4v) is 2.15. The van der Waals surface area contributed by atoms with E-state index in [1.807, 2.05) is 0 Å². The number of nitrogens with one attached hydrogen (secondary N) is 1. The summed E-state index contributed by atoms with van der Waals surface area (Å²) in [6.07, 6.45) is 3.17. The summed E-state index contributed by atoms with van der Waals surface area (Å²) in [4.78, 5) is 11.7. The summed E-state index contributed by atoms with van der Waals surface area (Å²) in [5.74, 6) is -5.32. The van der Waals surface area contributed by atoms with Crippen molar-refractivity contribution >= 4 is 17.2 Å². The van der Waals surface area contributed by atoms with E-state index < -0.39 is 17.4 Å². The highest BCUT2D eigenvalue weighted by atomic mass is 19.3. The number of carbonyl (C=O) groups is 1. The van der Waals surface area contributed by atoms with Crippen LogP contribution in [-0.2, 0) is 4.79 Å². The van der Waals surface area contributed by atoms with E-state index in [0.29, 0.717) is 12.1 Å². The lowest BCUT2D eigenvalue weighted by Crippen LogP contribution is -2.59. The zero-order chi connectivity index (χ0) is 14.4. The van der Waals surface area contributed by atoms with Crippen molar-refractivity contribution in [2.45, 2.75) is 30.8 Å². The zero-order valence-corrected chi connectivity index (χ0v) is 10.4. The first-order valence-electron chi connectivity index (χ1n) is 6.13. The second-order valence-corrected chi connectivity index (χ2v) is 4.93. The molecule has 2 heterocycles. The minimum absolute atomic E-state index is 0.0715. The van der Waals surface area contributed by atoms with Gasteiger partial charge in [0.15, 0.2) is 5.65 Å². The van der Waals surface area contributed by atoms with Crippen LogP contribution in [-0.4, -0.2) is 37.1 Å². The maximum atomic E-state index is 13.9. The molecule has 8 heteroatoms. The Morgan fingerprint density at radius 2 is 2.20 bits per heavy atom. The second-order valence-electron chi connectivity index (χ2n) is 4.93. The second kappa shape index (κ2) is 4.20. The number of carbonyl (C=O) groups excluding carboxylic acids is 1. The van der Waals surface area contributed by atoms with Gasteiger partial charge >= 0.3 is 5.92 Å². The molecule has 0 unspecified atom stereocenters. The molecule has 2 N–H and O–H groups in total. The number of amides is 1. The van der Waals surface area contributed by atoms with Crippen LogP contribution in [0.1, 0.15) is 19.3 Å². The van der Waals surface area contributed by atoms with Crippen LogP contribution in [0.4, 0.5) is 14.5 Å². The fraction of sp³-hybridized carbons (Fsp3) is 0.417. The van der Waals surface area contributed by atoms with E-state index in [9.17, 15) is 18.7 Å². The molecule has 6 nitrogen and oxygen atoms in total. The minimum atomic E-state index is -3.81. The fourth-order valence-electron chi connectivity index (χ4n) is 2.15. The van der Waals surface area contributed by atoms with E-state index >= 15 is 0 Å². The lowest BCUT2D eigenvalue weighted by molar-refractivity contribution is -0.212. The summed E-state index contributed by atoms with van der Waals surface area (Å²) >= 11 is 0. The number of halogens is 2. The van der Waals surface area contributed by atoms with Gasteiger partial charge in [-0.1, -0.05) is 0 Å². The Morgan fingerprint density at radius 1 is 1.45 bits per heavy atom. The normalized spacial score (nSPS) is 17.8. The molecule has 1 saturated carbocycles. The van der Waals surface area contributed by atoms with Gasteiger partial charge in [-0.25, -0.2) is 0 Å². The number of alkyl halides is 2. The van der Waals surface area contributed by atoms with Crippen molar-refractivity contribution in [2.24, 2.45) is 0 Å². The Hall–Kier alpha value is -2.09. The first-order chi connectivity index (χ1) is 9.42. The van der Waals surface area contributed by atoms with E-state index in [-0.39, 0.29) is 18.5 Å². The third kappa shape index (κ3) is 1.83. The van der Waals surface area contributed by atoms with Gasteiger partial charge in [0.2, 0.25) is 0 Å². The maximum absolute atomic E-state index is 13.9. The van der Waals surface area contributed by atoms with Gasteiger partial charge in [-0.3, -0.25) is 9.20 Å². The lowest BCUT2D eigenvalue weighted by Gasteiger charge is -2.41. The van der Waals surface area contributed by atoms with Crippen molar-refractivity contribution in [1.82, 2.24) is 14.6 Å². The number of anilines is 1. The lowest BCUT2D eigenvalue weighted by atomic mass is 9.75. The molecule has 0 saturated heterocycles. The number of nitrogens with zero attached hydrogens (tertiary/aromatic N) is 3. The molecule has 1 aliphatic rings. The average molecular weight is 282 g/mol. The maximum Gasteiger partial charge on any atom is 0.352 e. The molecule has 1 aliphatic carbocycles. The summed E-state index contributed by atoms with van der Waals surface area (Å²) < 4.78 is 29.3. The molecule has 0 spiro atoms. The highest BCUT2D eigenvalue weighted by Crippen LogP contribution is 2.44. The van der Waals surface area contributed by atoms with Crippen LogP contribution in [0.2, 0.25) is 0 Å². The Kier molecular flexibility index (Phi) is 2.72. The number of aliphatic hydroxyl groups is 1. The summed E-state index contributed by atoms with van der Waals surface area (Å²) in [6.45, 7) is 0. The molecule has 1 fully saturated rings. The third-order valence-electron chi connectivity index (χ3n) is 3.60. The topological polar surface area (TPSA) is 79.5 Å². The van der Waals surface area contributed by atoms with Crippen LogP contribution in [0.3, 0.4) is 0 Å². The molecule has 2 aromatic rings. The Balaban J connectivity index is 1.81. The van der Waals surface area contributed by atoms with Crippen molar-refractivity contribution < 1.29 is 18.7 Å². The van der Waals surface area contributed by atoms with Gasteiger partial charge in [-0.15, -0.1) is 10.2 Å². The van der Waals surface area contributed by atoms with Crippen molar-refractivity contribution in [3.63, 3.8) is 0 Å². The van der Waals surface area contributed by atoms with Gasteiger partial charge in [-0.2, -0.15) is 8.78 Å². The quantitative estimate of drug-likeness (QED) is 0.887. The largest absolute Gasteiger partial charge is 0.383 e. The van der Waals surface area contributed by atoms with Crippen molar-refractivity contribution in [3.8, 4) is 0 Å². The molecular weight excluding hydrogens is 270 g/mol. The van der Waals surface area contributed by atoms with E-state index in [1.54, 1.807) is 6.07 Å². The molecule has 1 amide bonds. The summed E-state index contributed by atoms with van der Waals surface area (Å²) in [6, 6.07) is 2.99. The highest BCUT2D eigenvalue weighted by molar-refractivity contribution is 5.97. The van der Waals surface area contributed by atoms with Gasteiger partial charge in [-0.05, 0) is 31.4 Å². The summed E-state index contributed by atoms with van der Waals surface area (Å²) in [5, 5.41) is 19.2. The van der Waals surface area contributed by atoms with Crippen LogP contribution in [0, 0.1) is 0 Å². The van der Waals surface area contributed by atoms with Crippen LogP contribution >= 0.6 is 0 Å². The number of rotatable bonds is 3. The molecule has 2 aromatic heterocycles. The van der Waals surface area contributed by atoms with E-state index in [2.05, 4.69) is 15.5 Å². The highest BCUT2D eigenvalue weighted by Gasteiger charge is 2.61. The van der Waals surface area contributed by atoms with Gasteiger partial charge < -0.3 is 10.4 Å². The van der Waals surface area contributed by atoms with Crippen LogP contribution < -0.4 is 5.32 Å². The number of pyridine rings is 1. The van der Waals surface area contributed by atoms with E-state index in [0.717, 1.165) is 0 Å². The number of hydrogen-bond donors (Lipinski definition) is 2. The summed E-state index contributed by atoms with van der Waals surface area (Å²) in [5.41, 5.74) is -1.50. The average Bonchev–Trinajstić information content (AvgIpc) is 2.83. The van der Waals surface area contributed by atoms with Crippen molar-refractivity contribution in [2.75, 3.05) is 5.32 Å². The standard InChI is InChI=1S/C12H12F2N4O2/c13-12(14,11(20)4-1-5-11)10(19)16-8-2-3-9-17-15-7-18(9)6-8/h2-3,6-7,20H,1,4-5H2,(H,16,19). The number of aromatic nitrogens is 3. The number of hydrogen-bond acceptors (Lipinski definition) is 4. The summed E-state index contributed by atoms with van der Waals surface area (Å²) in [7, 11) is 0. The molecule has 0 atom stereocenters. The van der Waals surface area contributed by atoms with Gasteiger partial charge in [0.05, 0.1) is 5.69 Å². The first kappa shape index (κ1) is 12.9. The molecule has 0 bridgehead atoms. The Morgan fingerprint density at radius 3 is 2.85 bits per heavy atom. The monoisotopic (exact) mass is 282 g/mol. The van der Waals surface area contributed by atoms with E-state index in [1.165, 1.54) is 23.0 Å². The van der Waals surface area contributed by atoms with Crippen LogP contribution in [0.15, 0.2) is 24.7 Å². The third-order valence-corrected chi connectivity index (χ3v) is 3.60. The molecule has 0 aliphatic heterocycles. The molecular formula is C12H12F2N4O2. The number of fused-ring (bicyclic) bond motifs is 1. The predicted octanol–water partition coefficient (Wildman–Crippen LogP) is 1.22. The predicted molar refractivity (Wildman–Crippen MR) is 65.4 cm³/mol. The Bertz CT molecular complexity index is 666. The Labute approximate surface area is 112 Å². The molecule has 0 aromatic carbocycles. The molecule has 106 valence electrons. The van der Waals surface area contributed by atoms with Gasteiger partial charge in [0, 0.05) is 6.20 Å². The minimum Gasteiger partial charge on any atom is -0.383 e. The van der Waals surface area contributed by atoms with E-state index in [4.69, 9.17) is 0 Å². The van der Waals surface area contributed by atoms with Crippen LogP contribution in [0.5, 0.6) is 0 Å². The molecule has 0 radical (unpaired) electrons. The van der Waals surface area contributed by atoms with Crippen LogP contribution in [0.25, 0.3) is 5.65 Å². The van der Waals surface area contributed by atoms with Gasteiger partial charge in [0.25, 0.3) is 5.91 Å².